The second-order valence-electron chi connectivity index (χ2n) is 6.99. The normalized spacial score (nSPS) is 12.6. The maximum Gasteiger partial charge on any atom is 0.175 e. The number of fused-ring (bicyclic) bond motifs is 1. The molecule has 0 saturated heterocycles. The van der Waals surface area contributed by atoms with Gasteiger partial charge in [-0.1, -0.05) is 54.6 Å². The number of rotatable bonds is 5. The number of sulfone groups is 1. The fraction of sp³-hybridized carbons (Fsp3) is 0.130. The van der Waals surface area contributed by atoms with Crippen LogP contribution in [0.25, 0.3) is 22.3 Å². The molecule has 1 unspecified atom stereocenters. The molecule has 0 fully saturated rings. The molecule has 146 valence electrons. The summed E-state index contributed by atoms with van der Waals surface area (Å²) in [4.78, 5) is 9.79. The van der Waals surface area contributed by atoms with Gasteiger partial charge >= 0.3 is 0 Å². The summed E-state index contributed by atoms with van der Waals surface area (Å²) >= 11 is 0. The molecule has 1 aromatic heterocycles. The van der Waals surface area contributed by atoms with Crippen LogP contribution < -0.4 is 5.32 Å². The highest BCUT2D eigenvalue weighted by Gasteiger charge is 2.14. The lowest BCUT2D eigenvalue weighted by molar-refractivity contribution is 0.602. The minimum Gasteiger partial charge on any atom is -0.363 e. The van der Waals surface area contributed by atoms with Crippen molar-refractivity contribution in [1.82, 2.24) is 9.97 Å². The Kier molecular flexibility index (Phi) is 5.03. The van der Waals surface area contributed by atoms with Crippen LogP contribution in [0.3, 0.4) is 0 Å². The van der Waals surface area contributed by atoms with Crippen molar-refractivity contribution >= 4 is 26.6 Å². The maximum atomic E-state index is 11.7. The molecule has 1 heterocycles. The SMILES string of the molecule is CC(Nc1nc(-c2ccccc2)nc2ccccc12)c1ccc(S(C)(=O)=O)cc1. The van der Waals surface area contributed by atoms with Crippen molar-refractivity contribution in [2.75, 3.05) is 11.6 Å². The molecule has 1 atom stereocenters. The van der Waals surface area contributed by atoms with Gasteiger partial charge in [0.25, 0.3) is 0 Å². The minimum atomic E-state index is -3.21. The van der Waals surface area contributed by atoms with Crippen molar-refractivity contribution < 1.29 is 8.42 Å². The van der Waals surface area contributed by atoms with Gasteiger partial charge < -0.3 is 5.32 Å². The van der Waals surface area contributed by atoms with Gasteiger partial charge in [-0.3, -0.25) is 0 Å². The van der Waals surface area contributed by atoms with E-state index in [0.29, 0.717) is 10.7 Å². The third kappa shape index (κ3) is 4.12. The lowest BCUT2D eigenvalue weighted by Gasteiger charge is -2.17. The van der Waals surface area contributed by atoms with Gasteiger partial charge in [-0.05, 0) is 36.8 Å². The highest BCUT2D eigenvalue weighted by molar-refractivity contribution is 7.90. The van der Waals surface area contributed by atoms with Crippen LogP contribution in [-0.2, 0) is 9.84 Å². The number of anilines is 1. The molecule has 0 saturated carbocycles. The molecular weight excluding hydrogens is 382 g/mol. The molecule has 0 aliphatic rings. The highest BCUT2D eigenvalue weighted by Crippen LogP contribution is 2.28. The molecule has 0 bridgehead atoms. The molecule has 0 aliphatic heterocycles. The van der Waals surface area contributed by atoms with E-state index in [-0.39, 0.29) is 6.04 Å². The molecule has 5 nitrogen and oxygen atoms in total. The minimum absolute atomic E-state index is 0.0643. The predicted molar refractivity (Wildman–Crippen MR) is 117 cm³/mol. The summed E-state index contributed by atoms with van der Waals surface area (Å²) in [6.07, 6.45) is 1.21. The first-order valence-electron chi connectivity index (χ1n) is 9.30. The molecule has 3 aromatic carbocycles. The van der Waals surface area contributed by atoms with Gasteiger partial charge in [0.05, 0.1) is 10.4 Å². The van der Waals surface area contributed by atoms with Crippen molar-refractivity contribution in [3.63, 3.8) is 0 Å². The van der Waals surface area contributed by atoms with Crippen LogP contribution in [0, 0.1) is 0 Å². The zero-order chi connectivity index (χ0) is 20.4. The summed E-state index contributed by atoms with van der Waals surface area (Å²) in [7, 11) is -3.21. The van der Waals surface area contributed by atoms with Gasteiger partial charge in [0.15, 0.2) is 15.7 Å². The van der Waals surface area contributed by atoms with Gasteiger partial charge in [-0.25, -0.2) is 18.4 Å². The van der Waals surface area contributed by atoms with Crippen molar-refractivity contribution in [1.29, 1.82) is 0 Å². The Balaban J connectivity index is 1.71. The molecule has 0 spiro atoms. The fourth-order valence-electron chi connectivity index (χ4n) is 3.20. The number of aromatic nitrogens is 2. The predicted octanol–water partition coefficient (Wildman–Crippen LogP) is 4.87. The summed E-state index contributed by atoms with van der Waals surface area (Å²) in [6, 6.07) is 24.6. The van der Waals surface area contributed by atoms with Crippen LogP contribution in [0.5, 0.6) is 0 Å². The lowest BCUT2D eigenvalue weighted by Crippen LogP contribution is -2.10. The number of nitrogens with one attached hydrogen (secondary N) is 1. The van der Waals surface area contributed by atoms with Crippen molar-refractivity contribution in [3.8, 4) is 11.4 Å². The van der Waals surface area contributed by atoms with Crippen LogP contribution in [-0.4, -0.2) is 24.6 Å². The molecule has 4 rings (SSSR count). The van der Waals surface area contributed by atoms with Gasteiger partial charge in [-0.15, -0.1) is 0 Å². The zero-order valence-corrected chi connectivity index (χ0v) is 17.0. The van der Waals surface area contributed by atoms with E-state index in [9.17, 15) is 8.42 Å². The molecule has 6 heteroatoms. The largest absolute Gasteiger partial charge is 0.363 e. The summed E-state index contributed by atoms with van der Waals surface area (Å²) in [5, 5.41) is 4.41. The van der Waals surface area contributed by atoms with E-state index in [1.54, 1.807) is 12.1 Å². The zero-order valence-electron chi connectivity index (χ0n) is 16.2. The molecule has 0 aliphatic carbocycles. The second-order valence-corrected chi connectivity index (χ2v) is 9.00. The van der Waals surface area contributed by atoms with E-state index in [0.717, 1.165) is 27.8 Å². The van der Waals surface area contributed by atoms with Crippen molar-refractivity contribution in [2.45, 2.75) is 17.9 Å². The Labute approximate surface area is 170 Å². The summed E-state index contributed by atoms with van der Waals surface area (Å²) < 4.78 is 23.4. The second kappa shape index (κ2) is 7.64. The van der Waals surface area contributed by atoms with Gasteiger partial charge in [0.2, 0.25) is 0 Å². The molecule has 1 N–H and O–H groups in total. The van der Waals surface area contributed by atoms with E-state index in [1.807, 2.05) is 73.7 Å². The van der Waals surface area contributed by atoms with Crippen LogP contribution in [0.2, 0.25) is 0 Å². The Hall–Kier alpha value is -3.25. The van der Waals surface area contributed by atoms with E-state index in [1.165, 1.54) is 6.26 Å². The molecule has 0 amide bonds. The standard InChI is InChI=1S/C23H21N3O2S/c1-16(17-12-14-19(15-13-17)29(2,27)28)24-23-20-10-6-7-11-21(20)25-22(26-23)18-8-4-3-5-9-18/h3-16H,1-2H3,(H,24,25,26). The monoisotopic (exact) mass is 403 g/mol. The van der Waals surface area contributed by atoms with Crippen molar-refractivity contribution in [2.24, 2.45) is 0 Å². The smallest absolute Gasteiger partial charge is 0.175 e. The van der Waals surface area contributed by atoms with E-state index >= 15 is 0 Å². The van der Waals surface area contributed by atoms with Gasteiger partial charge in [0, 0.05) is 23.2 Å². The number of para-hydroxylation sites is 1. The Bertz CT molecular complexity index is 1250. The fourth-order valence-corrected chi connectivity index (χ4v) is 3.83. The van der Waals surface area contributed by atoms with Crippen LogP contribution in [0.4, 0.5) is 5.82 Å². The van der Waals surface area contributed by atoms with Crippen LogP contribution in [0.1, 0.15) is 18.5 Å². The highest BCUT2D eigenvalue weighted by atomic mass is 32.2. The average molecular weight is 404 g/mol. The first-order chi connectivity index (χ1) is 13.9. The molecule has 4 aromatic rings. The first kappa shape index (κ1) is 19.1. The number of nitrogens with zero attached hydrogens (tertiary/aromatic N) is 2. The summed E-state index contributed by atoms with van der Waals surface area (Å²) in [6.45, 7) is 2.02. The number of hydrogen-bond acceptors (Lipinski definition) is 5. The third-order valence-corrected chi connectivity index (χ3v) is 5.93. The quantitative estimate of drug-likeness (QED) is 0.514. The average Bonchev–Trinajstić information content (AvgIpc) is 2.73. The number of benzene rings is 3. The van der Waals surface area contributed by atoms with Crippen molar-refractivity contribution in [3.05, 3.63) is 84.4 Å². The molecule has 29 heavy (non-hydrogen) atoms. The first-order valence-corrected chi connectivity index (χ1v) is 11.2. The molecule has 0 radical (unpaired) electrons. The van der Waals surface area contributed by atoms with Gasteiger partial charge in [0.1, 0.15) is 5.82 Å². The Morgan fingerprint density at radius 2 is 1.48 bits per heavy atom. The van der Waals surface area contributed by atoms with E-state index in [2.05, 4.69) is 5.32 Å². The molecular formula is C23H21N3O2S. The van der Waals surface area contributed by atoms with Crippen LogP contribution in [0.15, 0.2) is 83.8 Å². The van der Waals surface area contributed by atoms with E-state index in [4.69, 9.17) is 9.97 Å². The van der Waals surface area contributed by atoms with E-state index < -0.39 is 9.84 Å². The lowest BCUT2D eigenvalue weighted by atomic mass is 10.1. The Morgan fingerprint density at radius 3 is 2.17 bits per heavy atom. The Morgan fingerprint density at radius 1 is 0.828 bits per heavy atom. The topological polar surface area (TPSA) is 72.0 Å². The number of hydrogen-bond donors (Lipinski definition) is 1. The summed E-state index contributed by atoms with van der Waals surface area (Å²) in [5.41, 5.74) is 2.79. The van der Waals surface area contributed by atoms with Crippen LogP contribution >= 0.6 is 0 Å². The maximum absolute atomic E-state index is 11.7. The summed E-state index contributed by atoms with van der Waals surface area (Å²) in [5.74, 6) is 1.40. The van der Waals surface area contributed by atoms with Gasteiger partial charge in [-0.2, -0.15) is 0 Å². The third-order valence-electron chi connectivity index (χ3n) is 4.80.